The minimum atomic E-state index is 0.0788. The Morgan fingerprint density at radius 1 is 1.33 bits per heavy atom. The van der Waals surface area contributed by atoms with Gasteiger partial charge in [-0.05, 0) is 44.6 Å². The van der Waals surface area contributed by atoms with Crippen LogP contribution >= 0.6 is 0 Å². The van der Waals surface area contributed by atoms with E-state index in [-0.39, 0.29) is 11.9 Å². The highest BCUT2D eigenvalue weighted by atomic mass is 16.5. The van der Waals surface area contributed by atoms with Gasteiger partial charge in [-0.3, -0.25) is 4.79 Å². The van der Waals surface area contributed by atoms with E-state index in [1.165, 1.54) is 12.8 Å². The van der Waals surface area contributed by atoms with Gasteiger partial charge in [0.25, 0.3) is 0 Å². The van der Waals surface area contributed by atoms with E-state index in [4.69, 9.17) is 4.74 Å². The molecule has 0 aromatic carbocycles. The zero-order valence-corrected chi connectivity index (χ0v) is 12.0. The molecule has 0 bridgehead atoms. The molecule has 1 fully saturated rings. The molecule has 1 atom stereocenters. The van der Waals surface area contributed by atoms with Crippen molar-refractivity contribution in [3.63, 3.8) is 0 Å². The first kappa shape index (κ1) is 15.4. The highest BCUT2D eigenvalue weighted by Gasteiger charge is 2.20. The molecule has 0 aliphatic heterocycles. The molecule has 4 heteroatoms. The summed E-state index contributed by atoms with van der Waals surface area (Å²) in [5, 5.41) is 6.11. The summed E-state index contributed by atoms with van der Waals surface area (Å²) in [6.45, 7) is 9.22. The molecular weight excluding hydrogens is 228 g/mol. The number of ether oxygens (including phenoxy) is 1. The third-order valence-corrected chi connectivity index (χ3v) is 3.37. The second-order valence-electron chi connectivity index (χ2n) is 5.65. The van der Waals surface area contributed by atoms with Crippen molar-refractivity contribution in [3.05, 3.63) is 0 Å². The summed E-state index contributed by atoms with van der Waals surface area (Å²) in [5.41, 5.74) is 0. The molecule has 0 aromatic heterocycles. The molecule has 1 aliphatic carbocycles. The molecule has 0 spiro atoms. The van der Waals surface area contributed by atoms with Crippen LogP contribution in [0.15, 0.2) is 0 Å². The monoisotopic (exact) mass is 256 g/mol. The van der Waals surface area contributed by atoms with Crippen LogP contribution in [-0.2, 0) is 9.53 Å². The van der Waals surface area contributed by atoms with Gasteiger partial charge in [0.1, 0.15) is 0 Å². The van der Waals surface area contributed by atoms with Crippen LogP contribution < -0.4 is 10.6 Å². The first-order valence-corrected chi connectivity index (χ1v) is 7.17. The number of nitrogens with one attached hydrogen (secondary N) is 2. The lowest BCUT2D eigenvalue weighted by Crippen LogP contribution is -2.41. The Bertz CT molecular complexity index is 240. The highest BCUT2D eigenvalue weighted by molar-refractivity contribution is 5.78. The summed E-state index contributed by atoms with van der Waals surface area (Å²) >= 11 is 0. The molecule has 1 amide bonds. The van der Waals surface area contributed by atoms with E-state index in [1.807, 2.05) is 6.92 Å². The average molecular weight is 256 g/mol. The van der Waals surface area contributed by atoms with Crippen molar-refractivity contribution < 1.29 is 9.53 Å². The third kappa shape index (κ3) is 7.67. The van der Waals surface area contributed by atoms with Crippen molar-refractivity contribution in [1.29, 1.82) is 0 Å². The lowest BCUT2D eigenvalue weighted by atomic mass is 10.1. The number of hydrogen-bond acceptors (Lipinski definition) is 3. The highest BCUT2D eigenvalue weighted by Crippen LogP contribution is 2.28. The number of rotatable bonds is 10. The van der Waals surface area contributed by atoms with E-state index in [9.17, 15) is 4.79 Å². The summed E-state index contributed by atoms with van der Waals surface area (Å²) in [6.07, 6.45) is 3.65. The smallest absolute Gasteiger partial charge is 0.234 e. The molecule has 4 nitrogen and oxygen atoms in total. The first-order valence-electron chi connectivity index (χ1n) is 7.17. The van der Waals surface area contributed by atoms with Crippen LogP contribution in [-0.4, -0.2) is 38.3 Å². The van der Waals surface area contributed by atoms with Gasteiger partial charge in [0.15, 0.2) is 0 Å². The molecule has 1 aliphatic rings. The van der Waals surface area contributed by atoms with Gasteiger partial charge >= 0.3 is 0 Å². The van der Waals surface area contributed by atoms with Gasteiger partial charge in [0.05, 0.1) is 6.54 Å². The van der Waals surface area contributed by atoms with Crippen molar-refractivity contribution in [1.82, 2.24) is 10.6 Å². The predicted octanol–water partition coefficient (Wildman–Crippen LogP) is 1.55. The molecule has 1 rings (SSSR count). The SMILES string of the molecule is CC(C)C(C)NC(=O)CNCCCOCC1CC1. The van der Waals surface area contributed by atoms with Crippen LogP contribution in [0.1, 0.15) is 40.0 Å². The molecule has 2 N–H and O–H groups in total. The maximum Gasteiger partial charge on any atom is 0.234 e. The Morgan fingerprint density at radius 3 is 2.67 bits per heavy atom. The Balaban J connectivity index is 1.85. The van der Waals surface area contributed by atoms with Crippen LogP contribution in [0.25, 0.3) is 0 Å². The zero-order valence-electron chi connectivity index (χ0n) is 12.0. The average Bonchev–Trinajstić information content (AvgIpc) is 3.11. The fourth-order valence-corrected chi connectivity index (χ4v) is 1.51. The Labute approximate surface area is 111 Å². The van der Waals surface area contributed by atoms with Crippen molar-refractivity contribution in [2.75, 3.05) is 26.3 Å². The van der Waals surface area contributed by atoms with Crippen LogP contribution in [0.4, 0.5) is 0 Å². The standard InChI is InChI=1S/C14H28N2O2/c1-11(2)12(3)16-14(17)9-15-7-4-8-18-10-13-5-6-13/h11-13,15H,4-10H2,1-3H3,(H,16,17). The molecule has 0 aromatic rings. The summed E-state index contributed by atoms with van der Waals surface area (Å²) in [6, 6.07) is 0.237. The van der Waals surface area contributed by atoms with Crippen molar-refractivity contribution in [3.8, 4) is 0 Å². The minimum absolute atomic E-state index is 0.0788. The molecule has 0 saturated heterocycles. The van der Waals surface area contributed by atoms with E-state index in [0.29, 0.717) is 12.5 Å². The molecular formula is C14H28N2O2. The van der Waals surface area contributed by atoms with Crippen molar-refractivity contribution in [2.45, 2.75) is 46.1 Å². The van der Waals surface area contributed by atoms with Crippen LogP contribution in [0.3, 0.4) is 0 Å². The Hall–Kier alpha value is -0.610. The summed E-state index contributed by atoms with van der Waals surface area (Å²) in [4.78, 5) is 11.5. The van der Waals surface area contributed by atoms with E-state index in [2.05, 4.69) is 24.5 Å². The van der Waals surface area contributed by atoms with E-state index in [0.717, 1.165) is 32.1 Å². The van der Waals surface area contributed by atoms with Crippen LogP contribution in [0.5, 0.6) is 0 Å². The summed E-state index contributed by atoms with van der Waals surface area (Å²) in [7, 11) is 0. The number of hydrogen-bond donors (Lipinski definition) is 2. The number of carbonyl (C=O) groups excluding carboxylic acids is 1. The Morgan fingerprint density at radius 2 is 2.06 bits per heavy atom. The van der Waals surface area contributed by atoms with Gasteiger partial charge in [0.2, 0.25) is 5.91 Å². The lowest BCUT2D eigenvalue weighted by Gasteiger charge is -2.17. The van der Waals surface area contributed by atoms with Crippen molar-refractivity contribution in [2.24, 2.45) is 11.8 Å². The quantitative estimate of drug-likeness (QED) is 0.583. The number of carbonyl (C=O) groups is 1. The molecule has 1 saturated carbocycles. The van der Waals surface area contributed by atoms with Gasteiger partial charge < -0.3 is 15.4 Å². The zero-order chi connectivity index (χ0) is 13.4. The molecule has 18 heavy (non-hydrogen) atoms. The second-order valence-corrected chi connectivity index (χ2v) is 5.65. The van der Waals surface area contributed by atoms with Crippen molar-refractivity contribution >= 4 is 5.91 Å². The molecule has 0 heterocycles. The summed E-state index contributed by atoms with van der Waals surface area (Å²) < 4.78 is 5.52. The molecule has 0 radical (unpaired) electrons. The van der Waals surface area contributed by atoms with E-state index < -0.39 is 0 Å². The van der Waals surface area contributed by atoms with Gasteiger partial charge in [-0.25, -0.2) is 0 Å². The normalized spacial score (nSPS) is 16.9. The largest absolute Gasteiger partial charge is 0.381 e. The van der Waals surface area contributed by atoms with Gasteiger partial charge in [0, 0.05) is 19.3 Å². The minimum Gasteiger partial charge on any atom is -0.381 e. The fourth-order valence-electron chi connectivity index (χ4n) is 1.51. The van der Waals surface area contributed by atoms with Crippen LogP contribution in [0.2, 0.25) is 0 Å². The maximum absolute atomic E-state index is 11.5. The number of amides is 1. The van der Waals surface area contributed by atoms with Gasteiger partial charge in [-0.1, -0.05) is 13.8 Å². The van der Waals surface area contributed by atoms with E-state index in [1.54, 1.807) is 0 Å². The predicted molar refractivity (Wildman–Crippen MR) is 73.5 cm³/mol. The van der Waals surface area contributed by atoms with Gasteiger partial charge in [-0.15, -0.1) is 0 Å². The summed E-state index contributed by atoms with van der Waals surface area (Å²) in [5.74, 6) is 1.39. The topological polar surface area (TPSA) is 50.4 Å². The lowest BCUT2D eigenvalue weighted by molar-refractivity contribution is -0.121. The maximum atomic E-state index is 11.5. The van der Waals surface area contributed by atoms with Gasteiger partial charge in [-0.2, -0.15) is 0 Å². The molecule has 1 unspecified atom stereocenters. The second kappa shape index (κ2) is 8.48. The van der Waals surface area contributed by atoms with Crippen LogP contribution in [0, 0.1) is 11.8 Å². The first-order chi connectivity index (χ1) is 8.59. The molecule has 106 valence electrons. The third-order valence-electron chi connectivity index (χ3n) is 3.37. The Kier molecular flexibility index (Phi) is 7.28. The fraction of sp³-hybridized carbons (Fsp3) is 0.929. The van der Waals surface area contributed by atoms with E-state index >= 15 is 0 Å².